The third-order valence-electron chi connectivity index (χ3n) is 3.34. The number of carbonyl (C=O) groups excluding carboxylic acids is 1. The summed E-state index contributed by atoms with van der Waals surface area (Å²) in [6.45, 7) is 2.20. The van der Waals surface area contributed by atoms with Gasteiger partial charge in [0.15, 0.2) is 0 Å². The average Bonchev–Trinajstić information content (AvgIpc) is 2.60. The standard InChI is InChI=1S/C18H19ClO6S/c1-13-10-14(24-9-5-8-19)12-15(11-13)25-26(21,22)17-7-4-3-6-16(17)18(20)23-2/h3-4,6-7,10-12H,5,8-9H2,1-2H3. The van der Waals surface area contributed by atoms with Crippen molar-refractivity contribution in [2.75, 3.05) is 19.6 Å². The second-order valence-electron chi connectivity index (χ2n) is 5.40. The van der Waals surface area contributed by atoms with Crippen LogP contribution in [-0.4, -0.2) is 34.0 Å². The molecule has 0 aliphatic heterocycles. The molecule has 0 aliphatic carbocycles. The van der Waals surface area contributed by atoms with Crippen molar-refractivity contribution >= 4 is 27.7 Å². The number of methoxy groups -OCH3 is 1. The molecular weight excluding hydrogens is 380 g/mol. The first-order valence-corrected chi connectivity index (χ1v) is 9.74. The summed E-state index contributed by atoms with van der Waals surface area (Å²) in [6.07, 6.45) is 0.663. The van der Waals surface area contributed by atoms with Crippen LogP contribution in [0.2, 0.25) is 0 Å². The van der Waals surface area contributed by atoms with E-state index in [1.54, 1.807) is 25.1 Å². The highest BCUT2D eigenvalue weighted by Gasteiger charge is 2.25. The molecule has 0 aromatic heterocycles. The zero-order valence-corrected chi connectivity index (χ0v) is 16.0. The smallest absolute Gasteiger partial charge is 0.340 e. The highest BCUT2D eigenvalue weighted by molar-refractivity contribution is 7.87. The van der Waals surface area contributed by atoms with Crippen LogP contribution in [0.4, 0.5) is 0 Å². The van der Waals surface area contributed by atoms with E-state index in [0.717, 1.165) is 5.56 Å². The van der Waals surface area contributed by atoms with Crippen LogP contribution in [0, 0.1) is 6.92 Å². The lowest BCUT2D eigenvalue weighted by atomic mass is 10.2. The maximum Gasteiger partial charge on any atom is 0.340 e. The van der Waals surface area contributed by atoms with E-state index >= 15 is 0 Å². The Kier molecular flexibility index (Phi) is 6.88. The third kappa shape index (κ3) is 5.12. The Balaban J connectivity index is 2.31. The first kappa shape index (κ1) is 20.1. The van der Waals surface area contributed by atoms with Crippen molar-refractivity contribution in [2.45, 2.75) is 18.2 Å². The maximum absolute atomic E-state index is 12.6. The summed E-state index contributed by atoms with van der Waals surface area (Å²) < 4.78 is 40.6. The van der Waals surface area contributed by atoms with Crippen LogP contribution in [-0.2, 0) is 14.9 Å². The molecule has 0 spiro atoms. The molecule has 0 aliphatic rings. The third-order valence-corrected chi connectivity index (χ3v) is 4.91. The normalized spacial score (nSPS) is 11.0. The van der Waals surface area contributed by atoms with Crippen molar-refractivity contribution in [3.05, 3.63) is 53.6 Å². The number of aryl methyl sites for hydroxylation is 1. The summed E-state index contributed by atoms with van der Waals surface area (Å²) in [4.78, 5) is 11.5. The van der Waals surface area contributed by atoms with Gasteiger partial charge in [-0.25, -0.2) is 4.79 Å². The van der Waals surface area contributed by atoms with Gasteiger partial charge in [-0.15, -0.1) is 11.6 Å². The minimum Gasteiger partial charge on any atom is -0.493 e. The van der Waals surface area contributed by atoms with Gasteiger partial charge in [-0.1, -0.05) is 12.1 Å². The summed E-state index contributed by atoms with van der Waals surface area (Å²) in [5.74, 6) is 0.266. The number of rotatable bonds is 8. The second-order valence-corrected chi connectivity index (χ2v) is 7.29. The molecule has 0 amide bonds. The summed E-state index contributed by atoms with van der Waals surface area (Å²) >= 11 is 5.62. The van der Waals surface area contributed by atoms with Crippen LogP contribution < -0.4 is 8.92 Å². The zero-order chi connectivity index (χ0) is 19.2. The van der Waals surface area contributed by atoms with Crippen LogP contribution in [0.1, 0.15) is 22.3 Å². The van der Waals surface area contributed by atoms with E-state index in [0.29, 0.717) is 24.7 Å². The Morgan fingerprint density at radius 3 is 2.50 bits per heavy atom. The molecule has 0 saturated heterocycles. The number of hydrogen-bond acceptors (Lipinski definition) is 6. The molecular formula is C18H19ClO6S. The minimum atomic E-state index is -4.24. The number of alkyl halides is 1. The van der Waals surface area contributed by atoms with E-state index in [1.165, 1.54) is 31.4 Å². The largest absolute Gasteiger partial charge is 0.493 e. The van der Waals surface area contributed by atoms with Gasteiger partial charge in [0.2, 0.25) is 0 Å². The van der Waals surface area contributed by atoms with Crippen molar-refractivity contribution in [3.8, 4) is 11.5 Å². The molecule has 2 rings (SSSR count). The fraction of sp³-hybridized carbons (Fsp3) is 0.278. The molecule has 0 fully saturated rings. The lowest BCUT2D eigenvalue weighted by Crippen LogP contribution is -2.15. The van der Waals surface area contributed by atoms with Crippen LogP contribution in [0.15, 0.2) is 47.4 Å². The quantitative estimate of drug-likeness (QED) is 0.293. The molecule has 2 aromatic rings. The summed E-state index contributed by atoms with van der Waals surface area (Å²) in [5, 5.41) is 0. The van der Waals surface area contributed by atoms with Gasteiger partial charge in [-0.05, 0) is 43.2 Å². The van der Waals surface area contributed by atoms with Gasteiger partial charge in [-0.2, -0.15) is 8.42 Å². The van der Waals surface area contributed by atoms with Crippen LogP contribution in [0.25, 0.3) is 0 Å². The Labute approximate surface area is 157 Å². The average molecular weight is 399 g/mol. The lowest BCUT2D eigenvalue weighted by molar-refractivity contribution is 0.0596. The fourth-order valence-electron chi connectivity index (χ4n) is 2.22. The molecule has 0 atom stereocenters. The van der Waals surface area contributed by atoms with Crippen LogP contribution in [0.5, 0.6) is 11.5 Å². The molecule has 140 valence electrons. The Morgan fingerprint density at radius 1 is 1.12 bits per heavy atom. The van der Waals surface area contributed by atoms with Crippen molar-refractivity contribution in [1.29, 1.82) is 0 Å². The van der Waals surface area contributed by atoms with Crippen molar-refractivity contribution < 1.29 is 26.9 Å². The molecule has 6 nitrogen and oxygen atoms in total. The number of carbonyl (C=O) groups is 1. The monoisotopic (exact) mass is 398 g/mol. The Morgan fingerprint density at radius 2 is 1.81 bits per heavy atom. The SMILES string of the molecule is COC(=O)c1ccccc1S(=O)(=O)Oc1cc(C)cc(OCCCCl)c1. The number of benzene rings is 2. The van der Waals surface area contributed by atoms with Gasteiger partial charge < -0.3 is 13.7 Å². The second kappa shape index (κ2) is 8.91. The molecule has 0 heterocycles. The van der Waals surface area contributed by atoms with Crippen molar-refractivity contribution in [2.24, 2.45) is 0 Å². The number of halogens is 1. The highest BCUT2D eigenvalue weighted by Crippen LogP contribution is 2.27. The molecule has 0 N–H and O–H groups in total. The van der Waals surface area contributed by atoms with E-state index < -0.39 is 16.1 Å². The topological polar surface area (TPSA) is 78.9 Å². The van der Waals surface area contributed by atoms with Crippen LogP contribution in [0.3, 0.4) is 0 Å². The predicted molar refractivity (Wildman–Crippen MR) is 97.6 cm³/mol. The van der Waals surface area contributed by atoms with Crippen molar-refractivity contribution in [3.63, 3.8) is 0 Å². The molecule has 8 heteroatoms. The minimum absolute atomic E-state index is 0.0885. The van der Waals surface area contributed by atoms with E-state index in [2.05, 4.69) is 4.74 Å². The first-order valence-electron chi connectivity index (χ1n) is 7.79. The Hall–Kier alpha value is -2.25. The maximum atomic E-state index is 12.6. The van der Waals surface area contributed by atoms with Gasteiger partial charge in [0.1, 0.15) is 16.4 Å². The number of hydrogen-bond donors (Lipinski definition) is 0. The first-order chi connectivity index (χ1) is 12.4. The molecule has 2 aromatic carbocycles. The number of esters is 1. The van der Waals surface area contributed by atoms with E-state index in [1.807, 2.05) is 0 Å². The lowest BCUT2D eigenvalue weighted by Gasteiger charge is -2.12. The van der Waals surface area contributed by atoms with Gasteiger partial charge >= 0.3 is 16.1 Å². The molecule has 0 radical (unpaired) electrons. The molecule has 0 bridgehead atoms. The van der Waals surface area contributed by atoms with E-state index in [-0.39, 0.29) is 16.2 Å². The summed E-state index contributed by atoms with van der Waals surface area (Å²) in [7, 11) is -3.06. The van der Waals surface area contributed by atoms with Gasteiger partial charge in [-0.3, -0.25) is 0 Å². The summed E-state index contributed by atoms with van der Waals surface area (Å²) in [6, 6.07) is 10.5. The van der Waals surface area contributed by atoms with Gasteiger partial charge in [0, 0.05) is 11.9 Å². The van der Waals surface area contributed by atoms with Gasteiger partial charge in [0.05, 0.1) is 19.3 Å². The molecule has 0 saturated carbocycles. The molecule has 0 unspecified atom stereocenters. The molecule has 26 heavy (non-hydrogen) atoms. The van der Waals surface area contributed by atoms with Gasteiger partial charge in [0.25, 0.3) is 0 Å². The van der Waals surface area contributed by atoms with E-state index in [4.69, 9.17) is 20.5 Å². The van der Waals surface area contributed by atoms with Crippen LogP contribution >= 0.6 is 11.6 Å². The fourth-order valence-corrected chi connectivity index (χ4v) is 3.44. The number of ether oxygens (including phenoxy) is 2. The Bertz CT molecular complexity index is 879. The zero-order valence-electron chi connectivity index (χ0n) is 14.4. The highest BCUT2D eigenvalue weighted by atomic mass is 35.5. The van der Waals surface area contributed by atoms with E-state index in [9.17, 15) is 13.2 Å². The van der Waals surface area contributed by atoms with Crippen molar-refractivity contribution in [1.82, 2.24) is 0 Å². The summed E-state index contributed by atoms with van der Waals surface area (Å²) in [5.41, 5.74) is 0.668. The predicted octanol–water partition coefficient (Wildman–Crippen LogP) is 3.56.